The van der Waals surface area contributed by atoms with Crippen LogP contribution >= 0.6 is 0 Å². The molecule has 0 saturated heterocycles. The summed E-state index contributed by atoms with van der Waals surface area (Å²) in [5, 5.41) is 30.9. The topological polar surface area (TPSA) is 69.9 Å². The molecule has 4 heteroatoms. The second kappa shape index (κ2) is 12.9. The molecule has 0 aliphatic heterocycles. The molecule has 1 aliphatic rings. The first kappa shape index (κ1) is 22.8. The Bertz CT molecular complexity index is 584. The van der Waals surface area contributed by atoms with Crippen LogP contribution in [0.2, 0.25) is 0 Å². The van der Waals surface area contributed by atoms with Gasteiger partial charge >= 0.3 is 0 Å². The van der Waals surface area contributed by atoms with E-state index in [1.54, 1.807) is 13.2 Å². The number of aryl methyl sites for hydroxylation is 1. The summed E-state index contributed by atoms with van der Waals surface area (Å²) >= 11 is 0. The third-order valence-electron chi connectivity index (χ3n) is 5.59. The van der Waals surface area contributed by atoms with Gasteiger partial charge in [0.1, 0.15) is 0 Å². The summed E-state index contributed by atoms with van der Waals surface area (Å²) in [4.78, 5) is 0. The van der Waals surface area contributed by atoms with Crippen molar-refractivity contribution in [2.24, 2.45) is 11.8 Å². The first-order valence-corrected chi connectivity index (χ1v) is 10.5. The molecule has 3 N–H and O–H groups in total. The van der Waals surface area contributed by atoms with Crippen molar-refractivity contribution in [2.45, 2.75) is 63.3 Å². The van der Waals surface area contributed by atoms with Crippen LogP contribution in [0.4, 0.5) is 0 Å². The monoisotopic (exact) mass is 388 g/mol. The molecule has 0 spiro atoms. The lowest BCUT2D eigenvalue weighted by molar-refractivity contribution is 0.120. The van der Waals surface area contributed by atoms with Crippen LogP contribution in [0, 0.1) is 11.8 Å². The van der Waals surface area contributed by atoms with E-state index in [1.807, 2.05) is 24.3 Å². The summed E-state index contributed by atoms with van der Waals surface area (Å²) in [6, 6.07) is 10.1. The Kier molecular flexibility index (Phi) is 10.5. The van der Waals surface area contributed by atoms with E-state index in [0.717, 1.165) is 38.7 Å². The average molecular weight is 389 g/mol. The highest BCUT2D eigenvalue weighted by atomic mass is 16.5. The number of ether oxygens (including phenoxy) is 1. The third-order valence-corrected chi connectivity index (χ3v) is 5.59. The van der Waals surface area contributed by atoms with Gasteiger partial charge in [-0.1, -0.05) is 54.6 Å². The van der Waals surface area contributed by atoms with E-state index in [2.05, 4.69) is 24.3 Å². The molecule has 0 unspecified atom stereocenters. The van der Waals surface area contributed by atoms with Crippen LogP contribution < -0.4 is 0 Å². The molecule has 1 aromatic carbocycles. The number of aliphatic hydroxyl groups is 3. The number of methoxy groups -OCH3 is 1. The molecule has 1 aliphatic carbocycles. The zero-order chi connectivity index (χ0) is 20.2. The van der Waals surface area contributed by atoms with Crippen molar-refractivity contribution >= 4 is 0 Å². The van der Waals surface area contributed by atoms with Crippen molar-refractivity contribution in [3.63, 3.8) is 0 Å². The summed E-state index contributed by atoms with van der Waals surface area (Å²) in [7, 11) is 1.72. The predicted octanol–water partition coefficient (Wildman–Crippen LogP) is 3.66. The summed E-state index contributed by atoms with van der Waals surface area (Å²) in [5.74, 6) is -0.109. The van der Waals surface area contributed by atoms with Gasteiger partial charge in [0.05, 0.1) is 18.3 Å². The molecule has 0 aromatic heterocycles. The lowest BCUT2D eigenvalue weighted by Crippen LogP contribution is -2.20. The number of benzene rings is 1. The van der Waals surface area contributed by atoms with E-state index in [1.165, 1.54) is 5.56 Å². The van der Waals surface area contributed by atoms with Gasteiger partial charge in [-0.15, -0.1) is 0 Å². The van der Waals surface area contributed by atoms with Gasteiger partial charge in [0, 0.05) is 26.1 Å². The van der Waals surface area contributed by atoms with E-state index in [-0.39, 0.29) is 11.8 Å². The minimum atomic E-state index is -0.548. The molecule has 2 rings (SSSR count). The Morgan fingerprint density at radius 2 is 1.89 bits per heavy atom. The van der Waals surface area contributed by atoms with Crippen LogP contribution in [-0.4, -0.2) is 47.3 Å². The molecule has 1 aromatic rings. The van der Waals surface area contributed by atoms with Crippen molar-refractivity contribution in [1.29, 1.82) is 0 Å². The molecule has 156 valence electrons. The van der Waals surface area contributed by atoms with Crippen LogP contribution in [0.1, 0.15) is 44.1 Å². The second-order valence-electron chi connectivity index (χ2n) is 7.78. The van der Waals surface area contributed by atoms with Gasteiger partial charge in [0.25, 0.3) is 0 Å². The number of hydrogen-bond acceptors (Lipinski definition) is 4. The van der Waals surface area contributed by atoms with Crippen LogP contribution in [0.3, 0.4) is 0 Å². The Morgan fingerprint density at radius 1 is 1.11 bits per heavy atom. The zero-order valence-electron chi connectivity index (χ0n) is 17.0. The maximum Gasteiger partial charge on any atom is 0.0724 e. The van der Waals surface area contributed by atoms with Gasteiger partial charge in [-0.3, -0.25) is 0 Å². The largest absolute Gasteiger partial charge is 0.393 e. The highest BCUT2D eigenvalue weighted by Gasteiger charge is 2.39. The molecular weight excluding hydrogens is 352 g/mol. The normalized spacial score (nSPS) is 26.4. The first-order valence-electron chi connectivity index (χ1n) is 10.5. The summed E-state index contributed by atoms with van der Waals surface area (Å²) in [6.45, 7) is 0.792. The zero-order valence-corrected chi connectivity index (χ0v) is 17.0. The fraction of sp³-hybridized carbons (Fsp3) is 0.583. The third kappa shape index (κ3) is 7.88. The van der Waals surface area contributed by atoms with E-state index in [9.17, 15) is 15.3 Å². The summed E-state index contributed by atoms with van der Waals surface area (Å²) < 4.78 is 5.05. The van der Waals surface area contributed by atoms with Gasteiger partial charge in [-0.05, 0) is 50.0 Å². The molecule has 0 bridgehead atoms. The highest BCUT2D eigenvalue weighted by Crippen LogP contribution is 2.36. The average Bonchev–Trinajstić information content (AvgIpc) is 2.97. The van der Waals surface area contributed by atoms with Gasteiger partial charge in [-0.25, -0.2) is 0 Å². The molecule has 0 heterocycles. The Labute approximate surface area is 169 Å². The standard InChI is InChI=1S/C24H36O4/c1-28-17-9-4-2-3-8-12-21-22(24(27)18-23(21)26)16-15-20(25)14-13-19-10-6-5-7-11-19/h3,5-8,10-11,15-16,20-27H,2,4,9,12-14,17-18H2,1H3/b8-3-,16-15+/t20-,21+,22+,23-,24+/m0/s1. The second-order valence-corrected chi connectivity index (χ2v) is 7.78. The predicted molar refractivity (Wildman–Crippen MR) is 113 cm³/mol. The maximum atomic E-state index is 10.3. The van der Waals surface area contributed by atoms with Crippen molar-refractivity contribution in [3.8, 4) is 0 Å². The fourth-order valence-corrected chi connectivity index (χ4v) is 3.90. The molecule has 4 nitrogen and oxygen atoms in total. The van der Waals surface area contributed by atoms with Gasteiger partial charge in [0.15, 0.2) is 0 Å². The molecular formula is C24H36O4. The maximum absolute atomic E-state index is 10.3. The van der Waals surface area contributed by atoms with E-state index in [4.69, 9.17) is 4.74 Å². The van der Waals surface area contributed by atoms with Gasteiger partial charge in [0.2, 0.25) is 0 Å². The van der Waals surface area contributed by atoms with Gasteiger partial charge < -0.3 is 20.1 Å². The quantitative estimate of drug-likeness (QED) is 0.378. The lowest BCUT2D eigenvalue weighted by atomic mass is 9.89. The number of rotatable bonds is 12. The molecule has 1 saturated carbocycles. The molecule has 1 fully saturated rings. The van der Waals surface area contributed by atoms with Crippen LogP contribution in [0.25, 0.3) is 0 Å². The molecule has 5 atom stereocenters. The first-order chi connectivity index (χ1) is 13.6. The van der Waals surface area contributed by atoms with E-state index < -0.39 is 18.3 Å². The fourth-order valence-electron chi connectivity index (χ4n) is 3.90. The number of aliphatic hydroxyl groups excluding tert-OH is 3. The summed E-state index contributed by atoms with van der Waals surface area (Å²) in [5.41, 5.74) is 1.21. The Morgan fingerprint density at radius 3 is 2.64 bits per heavy atom. The Balaban J connectivity index is 1.79. The van der Waals surface area contributed by atoms with E-state index >= 15 is 0 Å². The van der Waals surface area contributed by atoms with Crippen LogP contribution in [0.5, 0.6) is 0 Å². The van der Waals surface area contributed by atoms with Crippen molar-refractivity contribution in [1.82, 2.24) is 0 Å². The smallest absolute Gasteiger partial charge is 0.0724 e. The van der Waals surface area contributed by atoms with E-state index in [0.29, 0.717) is 12.8 Å². The Hall–Kier alpha value is -1.46. The van der Waals surface area contributed by atoms with Gasteiger partial charge in [-0.2, -0.15) is 0 Å². The molecule has 0 amide bonds. The number of hydrogen-bond donors (Lipinski definition) is 3. The minimum absolute atomic E-state index is 0.00259. The lowest BCUT2D eigenvalue weighted by Gasteiger charge is -2.19. The van der Waals surface area contributed by atoms with Crippen LogP contribution in [-0.2, 0) is 11.2 Å². The number of unbranched alkanes of at least 4 members (excludes halogenated alkanes) is 2. The molecule has 0 radical (unpaired) electrons. The highest BCUT2D eigenvalue weighted by molar-refractivity contribution is 5.15. The van der Waals surface area contributed by atoms with Crippen molar-refractivity contribution in [3.05, 3.63) is 60.2 Å². The minimum Gasteiger partial charge on any atom is -0.393 e. The van der Waals surface area contributed by atoms with Crippen molar-refractivity contribution < 1.29 is 20.1 Å². The summed E-state index contributed by atoms with van der Waals surface area (Å²) in [6.07, 6.45) is 12.2. The SMILES string of the molecule is COCCCC/C=C\C[C@@H]1[C@@H](/C=C/[C@@H](O)CCc2ccccc2)[C@H](O)C[C@@H]1O. The van der Waals surface area contributed by atoms with Crippen molar-refractivity contribution in [2.75, 3.05) is 13.7 Å². The number of allylic oxidation sites excluding steroid dienone is 2. The molecule has 28 heavy (non-hydrogen) atoms. The van der Waals surface area contributed by atoms with Crippen LogP contribution in [0.15, 0.2) is 54.6 Å².